The van der Waals surface area contributed by atoms with Gasteiger partial charge in [0.2, 0.25) is 11.8 Å². The molecule has 0 aliphatic carbocycles. The molecule has 0 aromatic carbocycles. The predicted molar refractivity (Wildman–Crippen MR) is 46.4 cm³/mol. The van der Waals surface area contributed by atoms with Crippen LogP contribution in [0.3, 0.4) is 0 Å². The summed E-state index contributed by atoms with van der Waals surface area (Å²) < 4.78 is 0. The Hall–Kier alpha value is -1.59. The lowest BCUT2D eigenvalue weighted by Crippen LogP contribution is -2.47. The summed E-state index contributed by atoms with van der Waals surface area (Å²) in [6, 6.07) is -1.51. The third-order valence-corrected chi connectivity index (χ3v) is 2.04. The minimum atomic E-state index is -1.09. The molecule has 6 heteroatoms. The normalized spacial score (nSPS) is 22.6. The van der Waals surface area contributed by atoms with Crippen molar-refractivity contribution in [1.29, 1.82) is 0 Å². The van der Waals surface area contributed by atoms with Gasteiger partial charge in [0.25, 0.3) is 0 Å². The lowest BCUT2D eigenvalue weighted by Gasteiger charge is -2.13. The molecule has 1 fully saturated rings. The molecule has 0 aromatic rings. The molecule has 1 rings (SSSR count). The van der Waals surface area contributed by atoms with Gasteiger partial charge in [0.15, 0.2) is 0 Å². The van der Waals surface area contributed by atoms with E-state index in [9.17, 15) is 14.4 Å². The summed E-state index contributed by atoms with van der Waals surface area (Å²) in [5.41, 5.74) is 0. The fourth-order valence-corrected chi connectivity index (χ4v) is 1.19. The lowest BCUT2D eigenvalue weighted by atomic mass is 10.2. The van der Waals surface area contributed by atoms with Crippen molar-refractivity contribution in [3.63, 3.8) is 0 Å². The maximum Gasteiger partial charge on any atom is 0.325 e. The average molecular weight is 200 g/mol. The third-order valence-electron chi connectivity index (χ3n) is 2.04. The van der Waals surface area contributed by atoms with Gasteiger partial charge in [-0.3, -0.25) is 14.4 Å². The van der Waals surface area contributed by atoms with E-state index in [1.165, 1.54) is 6.92 Å². The van der Waals surface area contributed by atoms with E-state index in [1.807, 2.05) is 0 Å². The zero-order valence-electron chi connectivity index (χ0n) is 7.74. The van der Waals surface area contributed by atoms with E-state index < -0.39 is 24.0 Å². The molecule has 1 aliphatic rings. The molecule has 1 heterocycles. The second-order valence-electron chi connectivity index (χ2n) is 3.23. The highest BCUT2D eigenvalue weighted by Gasteiger charge is 2.28. The van der Waals surface area contributed by atoms with Gasteiger partial charge in [-0.15, -0.1) is 0 Å². The Bertz CT molecular complexity index is 277. The smallest absolute Gasteiger partial charge is 0.325 e. The molecule has 0 bridgehead atoms. The molecule has 1 aliphatic heterocycles. The number of carbonyl (C=O) groups excluding carboxylic acids is 2. The molecule has 0 aromatic heterocycles. The summed E-state index contributed by atoms with van der Waals surface area (Å²) in [5.74, 6) is -1.71. The van der Waals surface area contributed by atoms with Gasteiger partial charge in [0.1, 0.15) is 12.1 Å². The van der Waals surface area contributed by atoms with Gasteiger partial charge in [-0.1, -0.05) is 0 Å². The van der Waals surface area contributed by atoms with Gasteiger partial charge in [0.05, 0.1) is 0 Å². The van der Waals surface area contributed by atoms with Crippen molar-refractivity contribution < 1.29 is 19.5 Å². The van der Waals surface area contributed by atoms with Crippen LogP contribution in [0.1, 0.15) is 19.8 Å². The number of nitrogens with one attached hydrogen (secondary N) is 2. The van der Waals surface area contributed by atoms with Gasteiger partial charge < -0.3 is 15.7 Å². The Morgan fingerprint density at radius 1 is 1.64 bits per heavy atom. The Kier molecular flexibility index (Phi) is 3.06. The van der Waals surface area contributed by atoms with Crippen molar-refractivity contribution in [3.05, 3.63) is 0 Å². The summed E-state index contributed by atoms with van der Waals surface area (Å²) in [4.78, 5) is 32.5. The van der Waals surface area contributed by atoms with E-state index in [4.69, 9.17) is 5.11 Å². The molecular formula is C8H12N2O4. The van der Waals surface area contributed by atoms with E-state index in [0.717, 1.165) is 0 Å². The highest BCUT2D eigenvalue weighted by molar-refractivity contribution is 5.92. The summed E-state index contributed by atoms with van der Waals surface area (Å²) >= 11 is 0. The van der Waals surface area contributed by atoms with Crippen LogP contribution in [0.2, 0.25) is 0 Å². The molecule has 0 spiro atoms. The second-order valence-corrected chi connectivity index (χ2v) is 3.23. The summed E-state index contributed by atoms with van der Waals surface area (Å²) in [5, 5.41) is 13.3. The van der Waals surface area contributed by atoms with Crippen molar-refractivity contribution in [2.75, 3.05) is 0 Å². The Balaban J connectivity index is 2.42. The minimum absolute atomic E-state index is 0.173. The number of rotatable bonds is 3. The van der Waals surface area contributed by atoms with Crippen molar-refractivity contribution in [1.82, 2.24) is 10.6 Å². The van der Waals surface area contributed by atoms with Crippen LogP contribution in [0.15, 0.2) is 0 Å². The molecule has 0 saturated carbocycles. The van der Waals surface area contributed by atoms with Crippen molar-refractivity contribution >= 4 is 17.8 Å². The summed E-state index contributed by atoms with van der Waals surface area (Å²) in [7, 11) is 0. The molecule has 2 atom stereocenters. The topological polar surface area (TPSA) is 95.5 Å². The fraction of sp³-hybridized carbons (Fsp3) is 0.625. The summed E-state index contributed by atoms with van der Waals surface area (Å²) in [6.07, 6.45) is 0.747. The molecular weight excluding hydrogens is 188 g/mol. The number of carboxylic acids is 1. The number of amides is 2. The van der Waals surface area contributed by atoms with Gasteiger partial charge in [-0.25, -0.2) is 0 Å². The standard InChI is InChI=1S/C8H12N2O4/c1-4(8(13)14)9-7(12)5-2-3-6(11)10-5/h4-5H,2-3H2,1H3,(H,9,12)(H,10,11)(H,13,14)/t4?,5-/m0/s1. The zero-order valence-corrected chi connectivity index (χ0v) is 7.74. The molecule has 14 heavy (non-hydrogen) atoms. The van der Waals surface area contributed by atoms with Crippen LogP contribution in [-0.4, -0.2) is 35.0 Å². The van der Waals surface area contributed by atoms with E-state index >= 15 is 0 Å². The van der Waals surface area contributed by atoms with Crippen molar-refractivity contribution in [2.24, 2.45) is 0 Å². The average Bonchev–Trinajstić information content (AvgIpc) is 2.51. The summed E-state index contributed by atoms with van der Waals surface area (Å²) in [6.45, 7) is 1.37. The molecule has 3 N–H and O–H groups in total. The van der Waals surface area contributed by atoms with Crippen LogP contribution in [0.4, 0.5) is 0 Å². The highest BCUT2D eigenvalue weighted by Crippen LogP contribution is 2.06. The van der Waals surface area contributed by atoms with Gasteiger partial charge in [0, 0.05) is 6.42 Å². The fourth-order valence-electron chi connectivity index (χ4n) is 1.19. The number of carboxylic acid groups (broad SMARTS) is 1. The Morgan fingerprint density at radius 3 is 2.71 bits per heavy atom. The maximum atomic E-state index is 11.3. The van der Waals surface area contributed by atoms with Gasteiger partial charge >= 0.3 is 5.97 Å². The van der Waals surface area contributed by atoms with E-state index in [1.54, 1.807) is 0 Å². The number of hydrogen-bond acceptors (Lipinski definition) is 3. The molecule has 0 radical (unpaired) electrons. The Morgan fingerprint density at radius 2 is 2.29 bits per heavy atom. The number of hydrogen-bond donors (Lipinski definition) is 3. The third kappa shape index (κ3) is 2.45. The number of aliphatic carboxylic acids is 1. The minimum Gasteiger partial charge on any atom is -0.480 e. The van der Waals surface area contributed by atoms with Crippen LogP contribution in [0.5, 0.6) is 0 Å². The molecule has 1 unspecified atom stereocenters. The second kappa shape index (κ2) is 4.08. The van der Waals surface area contributed by atoms with Crippen LogP contribution in [0.25, 0.3) is 0 Å². The quantitative estimate of drug-likeness (QED) is 0.536. The largest absolute Gasteiger partial charge is 0.480 e. The van der Waals surface area contributed by atoms with E-state index in [-0.39, 0.29) is 5.91 Å². The van der Waals surface area contributed by atoms with Crippen molar-refractivity contribution in [2.45, 2.75) is 31.8 Å². The van der Waals surface area contributed by atoms with Crippen LogP contribution in [0, 0.1) is 0 Å². The van der Waals surface area contributed by atoms with Crippen LogP contribution < -0.4 is 10.6 Å². The molecule has 78 valence electrons. The van der Waals surface area contributed by atoms with E-state index in [0.29, 0.717) is 12.8 Å². The van der Waals surface area contributed by atoms with E-state index in [2.05, 4.69) is 10.6 Å². The predicted octanol–water partition coefficient (Wildman–Crippen LogP) is -1.15. The molecule has 1 saturated heterocycles. The lowest BCUT2D eigenvalue weighted by molar-refractivity contribution is -0.141. The first-order valence-electron chi connectivity index (χ1n) is 4.33. The first kappa shape index (κ1) is 10.5. The number of carbonyl (C=O) groups is 3. The first-order valence-corrected chi connectivity index (χ1v) is 4.33. The highest BCUT2D eigenvalue weighted by atomic mass is 16.4. The van der Waals surface area contributed by atoms with Crippen LogP contribution >= 0.6 is 0 Å². The van der Waals surface area contributed by atoms with Crippen molar-refractivity contribution in [3.8, 4) is 0 Å². The zero-order chi connectivity index (χ0) is 10.7. The van der Waals surface area contributed by atoms with Gasteiger partial charge in [-0.2, -0.15) is 0 Å². The molecule has 2 amide bonds. The first-order chi connectivity index (χ1) is 6.50. The van der Waals surface area contributed by atoms with Gasteiger partial charge in [-0.05, 0) is 13.3 Å². The SMILES string of the molecule is CC(NC(=O)[C@@H]1CCC(=O)N1)C(=O)O. The molecule has 6 nitrogen and oxygen atoms in total. The Labute approximate surface area is 80.7 Å². The monoisotopic (exact) mass is 200 g/mol. The maximum absolute atomic E-state index is 11.3. The van der Waals surface area contributed by atoms with Crippen LogP contribution in [-0.2, 0) is 14.4 Å².